The number of rotatable bonds is 7. The molecule has 4 nitrogen and oxygen atoms in total. The molecule has 0 spiro atoms. The van der Waals surface area contributed by atoms with Crippen molar-refractivity contribution in [3.05, 3.63) is 0 Å². The maximum absolute atomic E-state index is 5.90. The molecule has 1 heterocycles. The van der Waals surface area contributed by atoms with Crippen LogP contribution in [-0.2, 0) is 9.47 Å². The highest BCUT2D eigenvalue weighted by Crippen LogP contribution is 2.20. The Morgan fingerprint density at radius 1 is 1.56 bits per heavy atom. The molecule has 0 aromatic carbocycles. The van der Waals surface area contributed by atoms with Gasteiger partial charge in [-0.25, -0.2) is 0 Å². The summed E-state index contributed by atoms with van der Waals surface area (Å²) in [6.07, 6.45) is 2.61. The van der Waals surface area contributed by atoms with Gasteiger partial charge in [0.1, 0.15) is 0 Å². The number of nitrogens with two attached hydrogens (primary N) is 1. The van der Waals surface area contributed by atoms with Gasteiger partial charge in [-0.1, -0.05) is 6.92 Å². The highest BCUT2D eigenvalue weighted by molar-refractivity contribution is 4.86. The fourth-order valence-corrected chi connectivity index (χ4v) is 2.62. The first kappa shape index (κ1) is 13.9. The van der Waals surface area contributed by atoms with Gasteiger partial charge in [0.2, 0.25) is 0 Å². The molecule has 4 heteroatoms. The Kier molecular flexibility index (Phi) is 6.28. The largest absolute Gasteiger partial charge is 0.383 e. The molecular formula is C12H26N2O2. The van der Waals surface area contributed by atoms with Gasteiger partial charge in [0, 0.05) is 32.3 Å². The summed E-state index contributed by atoms with van der Waals surface area (Å²) in [7, 11) is 1.74. The number of hydrogen-bond acceptors (Lipinski definition) is 4. The van der Waals surface area contributed by atoms with E-state index in [1.165, 1.54) is 0 Å². The Morgan fingerprint density at radius 2 is 2.31 bits per heavy atom. The Balaban J connectivity index is 2.58. The van der Waals surface area contributed by atoms with E-state index in [1.54, 1.807) is 7.11 Å². The molecule has 0 bridgehead atoms. The van der Waals surface area contributed by atoms with Crippen molar-refractivity contribution < 1.29 is 9.47 Å². The summed E-state index contributed by atoms with van der Waals surface area (Å²) < 4.78 is 11.0. The van der Waals surface area contributed by atoms with Crippen molar-refractivity contribution in [1.82, 2.24) is 4.90 Å². The molecule has 1 saturated heterocycles. The van der Waals surface area contributed by atoms with Crippen LogP contribution >= 0.6 is 0 Å². The first-order valence-electron chi connectivity index (χ1n) is 6.30. The van der Waals surface area contributed by atoms with E-state index in [0.717, 1.165) is 32.6 Å². The molecule has 1 rings (SSSR count). The summed E-state index contributed by atoms with van der Waals surface area (Å²) in [4.78, 5) is 2.40. The van der Waals surface area contributed by atoms with Gasteiger partial charge < -0.3 is 15.2 Å². The van der Waals surface area contributed by atoms with Crippen LogP contribution in [-0.4, -0.2) is 56.5 Å². The zero-order valence-electron chi connectivity index (χ0n) is 10.8. The van der Waals surface area contributed by atoms with Gasteiger partial charge in [-0.2, -0.15) is 0 Å². The van der Waals surface area contributed by atoms with Gasteiger partial charge >= 0.3 is 0 Å². The molecular weight excluding hydrogens is 204 g/mol. The van der Waals surface area contributed by atoms with Gasteiger partial charge in [-0.15, -0.1) is 0 Å². The van der Waals surface area contributed by atoms with Gasteiger partial charge in [0.15, 0.2) is 0 Å². The molecule has 0 saturated carbocycles. The van der Waals surface area contributed by atoms with Gasteiger partial charge in [-0.05, 0) is 26.3 Å². The van der Waals surface area contributed by atoms with Crippen molar-refractivity contribution in [3.63, 3.8) is 0 Å². The maximum atomic E-state index is 5.90. The van der Waals surface area contributed by atoms with E-state index in [-0.39, 0.29) is 0 Å². The van der Waals surface area contributed by atoms with Crippen LogP contribution in [0.5, 0.6) is 0 Å². The Hall–Kier alpha value is -0.160. The monoisotopic (exact) mass is 230 g/mol. The standard InChI is InChI=1S/C12H26N2O2/c1-4-14(10(2)9-15-3)11(8-13)12-6-5-7-16-12/h10-12H,4-9,13H2,1-3H3. The Bertz CT molecular complexity index is 184. The van der Waals surface area contributed by atoms with Gasteiger partial charge in [0.25, 0.3) is 0 Å². The van der Waals surface area contributed by atoms with E-state index in [0.29, 0.717) is 24.7 Å². The lowest BCUT2D eigenvalue weighted by atomic mass is 10.0. The molecule has 1 fully saturated rings. The fourth-order valence-electron chi connectivity index (χ4n) is 2.62. The van der Waals surface area contributed by atoms with Crippen LogP contribution < -0.4 is 5.73 Å². The Labute approximate surface area is 99.1 Å². The van der Waals surface area contributed by atoms with Crippen molar-refractivity contribution in [2.24, 2.45) is 5.73 Å². The lowest BCUT2D eigenvalue weighted by Gasteiger charge is -2.37. The molecule has 0 amide bonds. The molecule has 16 heavy (non-hydrogen) atoms. The van der Waals surface area contributed by atoms with Gasteiger partial charge in [0.05, 0.1) is 12.7 Å². The predicted molar refractivity (Wildman–Crippen MR) is 65.5 cm³/mol. The summed E-state index contributed by atoms with van der Waals surface area (Å²) >= 11 is 0. The lowest BCUT2D eigenvalue weighted by Crippen LogP contribution is -2.52. The first-order chi connectivity index (χ1) is 7.74. The number of ether oxygens (including phenoxy) is 2. The average Bonchev–Trinajstić information content (AvgIpc) is 2.79. The molecule has 0 radical (unpaired) electrons. The fraction of sp³-hybridized carbons (Fsp3) is 1.00. The van der Waals surface area contributed by atoms with Crippen LogP contribution in [0.25, 0.3) is 0 Å². The quantitative estimate of drug-likeness (QED) is 0.704. The minimum atomic E-state index is 0.309. The number of methoxy groups -OCH3 is 1. The smallest absolute Gasteiger partial charge is 0.0743 e. The summed E-state index contributed by atoms with van der Waals surface area (Å²) in [5.41, 5.74) is 5.90. The summed E-state index contributed by atoms with van der Waals surface area (Å²) in [6, 6.07) is 0.727. The third-order valence-corrected chi connectivity index (χ3v) is 3.40. The van der Waals surface area contributed by atoms with Crippen LogP contribution in [0.4, 0.5) is 0 Å². The van der Waals surface area contributed by atoms with Crippen LogP contribution in [0.1, 0.15) is 26.7 Å². The van der Waals surface area contributed by atoms with Crippen molar-refractivity contribution in [3.8, 4) is 0 Å². The second kappa shape index (κ2) is 7.22. The predicted octanol–water partition coefficient (Wildman–Crippen LogP) is 0.850. The van der Waals surface area contributed by atoms with Crippen molar-refractivity contribution in [2.75, 3.05) is 33.4 Å². The molecule has 1 aliphatic rings. The molecule has 2 N–H and O–H groups in total. The first-order valence-corrected chi connectivity index (χ1v) is 6.30. The van der Waals surface area contributed by atoms with Crippen LogP contribution in [0.2, 0.25) is 0 Å². The van der Waals surface area contributed by atoms with Gasteiger partial charge in [-0.3, -0.25) is 4.90 Å². The van der Waals surface area contributed by atoms with E-state index in [9.17, 15) is 0 Å². The second-order valence-electron chi connectivity index (χ2n) is 4.49. The summed E-state index contributed by atoms with van der Waals surface area (Å²) in [6.45, 7) is 7.64. The lowest BCUT2D eigenvalue weighted by molar-refractivity contribution is -0.00280. The average molecular weight is 230 g/mol. The number of nitrogens with zero attached hydrogens (tertiary/aromatic N) is 1. The van der Waals surface area contributed by atoms with E-state index >= 15 is 0 Å². The third-order valence-electron chi connectivity index (χ3n) is 3.40. The minimum absolute atomic E-state index is 0.309. The zero-order chi connectivity index (χ0) is 12.0. The zero-order valence-corrected chi connectivity index (χ0v) is 10.8. The molecule has 3 unspecified atom stereocenters. The van der Waals surface area contributed by atoms with E-state index in [4.69, 9.17) is 15.2 Å². The SMILES string of the molecule is CCN(C(C)COC)C(CN)C1CCCO1. The van der Waals surface area contributed by atoms with Crippen molar-refractivity contribution >= 4 is 0 Å². The molecule has 0 aliphatic carbocycles. The second-order valence-corrected chi connectivity index (χ2v) is 4.49. The van der Waals surface area contributed by atoms with Crippen LogP contribution in [0.15, 0.2) is 0 Å². The molecule has 0 aromatic heterocycles. The molecule has 96 valence electrons. The minimum Gasteiger partial charge on any atom is -0.383 e. The summed E-state index contributed by atoms with van der Waals surface area (Å²) in [5.74, 6) is 0. The van der Waals surface area contributed by atoms with E-state index < -0.39 is 0 Å². The molecule has 1 aliphatic heterocycles. The van der Waals surface area contributed by atoms with Crippen LogP contribution in [0, 0.1) is 0 Å². The number of hydrogen-bond donors (Lipinski definition) is 1. The Morgan fingerprint density at radius 3 is 2.75 bits per heavy atom. The maximum Gasteiger partial charge on any atom is 0.0743 e. The van der Waals surface area contributed by atoms with E-state index in [1.807, 2.05) is 0 Å². The highest BCUT2D eigenvalue weighted by Gasteiger charge is 2.31. The third kappa shape index (κ3) is 3.42. The van der Waals surface area contributed by atoms with Crippen molar-refractivity contribution in [2.45, 2.75) is 44.9 Å². The number of likely N-dealkylation sites (N-methyl/N-ethyl adjacent to an activating group) is 1. The normalized spacial score (nSPS) is 24.9. The van der Waals surface area contributed by atoms with Crippen LogP contribution in [0.3, 0.4) is 0 Å². The highest BCUT2D eigenvalue weighted by atomic mass is 16.5. The van der Waals surface area contributed by atoms with Crippen molar-refractivity contribution in [1.29, 1.82) is 0 Å². The summed E-state index contributed by atoms with van der Waals surface area (Å²) in [5, 5.41) is 0. The topological polar surface area (TPSA) is 47.7 Å². The van der Waals surface area contributed by atoms with E-state index in [2.05, 4.69) is 18.7 Å². The molecule has 0 aromatic rings. The molecule has 3 atom stereocenters.